The Labute approximate surface area is 53.6 Å². The van der Waals surface area contributed by atoms with Gasteiger partial charge in [-0.05, 0) is 0 Å². The van der Waals surface area contributed by atoms with E-state index in [2.05, 4.69) is 0 Å². The first-order valence-electron chi connectivity index (χ1n) is 2.43. The average molecular weight is 131 g/mol. The molecule has 0 rings (SSSR count). The van der Waals surface area contributed by atoms with Crippen molar-refractivity contribution in [2.45, 2.75) is 13.8 Å². The maximum absolute atomic E-state index is 8.12. The van der Waals surface area contributed by atoms with E-state index >= 15 is 0 Å². The lowest BCUT2D eigenvalue weighted by atomic mass is 10.2. The normalized spacial score (nSPS) is 7.00. The predicted octanol–water partition coefficient (Wildman–Crippen LogP) is -1.82. The summed E-state index contributed by atoms with van der Waals surface area (Å²) in [6.07, 6.45) is 0.250. The highest BCUT2D eigenvalue weighted by atomic mass is 16.2. The molecule has 0 bridgehead atoms. The van der Waals surface area contributed by atoms with Gasteiger partial charge in [0.2, 0.25) is 5.84 Å². The number of amidine groups is 1. The number of carbonyl (C=O) groups excluding carboxylic acids is 2. The Morgan fingerprint density at radius 2 is 1.67 bits per heavy atom. The maximum atomic E-state index is 8.12. The van der Waals surface area contributed by atoms with Crippen LogP contribution < -0.4 is 11.1 Å². The molecule has 4 nitrogen and oxygen atoms in total. The van der Waals surface area contributed by atoms with Crippen molar-refractivity contribution in [1.29, 1.82) is 0 Å². The van der Waals surface area contributed by atoms with E-state index in [1.165, 1.54) is 0 Å². The van der Waals surface area contributed by atoms with E-state index in [0.717, 1.165) is 0 Å². The van der Waals surface area contributed by atoms with Gasteiger partial charge >= 0.3 is 6.15 Å². The minimum absolute atomic E-state index is 0.250. The Hall–Kier alpha value is -1.15. The molecule has 9 heavy (non-hydrogen) atoms. The maximum Gasteiger partial charge on any atom is 0.373 e. The molecule has 0 aliphatic heterocycles. The van der Waals surface area contributed by atoms with Gasteiger partial charge in [0, 0.05) is 0 Å². The van der Waals surface area contributed by atoms with Crippen LogP contribution in [0.1, 0.15) is 13.8 Å². The van der Waals surface area contributed by atoms with Crippen LogP contribution in [0.15, 0.2) is 0 Å². The molecular formula is C5H11N2O2+. The van der Waals surface area contributed by atoms with Crippen molar-refractivity contribution >= 4 is 12.0 Å². The fraction of sp³-hybridized carbons (Fsp3) is 0.600. The van der Waals surface area contributed by atoms with E-state index in [9.17, 15) is 0 Å². The van der Waals surface area contributed by atoms with Crippen molar-refractivity contribution in [3.63, 3.8) is 0 Å². The quantitative estimate of drug-likeness (QED) is 0.324. The molecule has 0 aromatic carbocycles. The number of nitrogens with two attached hydrogens (primary N) is 2. The van der Waals surface area contributed by atoms with Crippen molar-refractivity contribution in [2.24, 2.45) is 11.7 Å². The average Bonchev–Trinajstić information content (AvgIpc) is 1.68. The Bertz CT molecular complexity index is 114. The Morgan fingerprint density at radius 3 is 1.67 bits per heavy atom. The van der Waals surface area contributed by atoms with Gasteiger partial charge in [-0.25, -0.2) is 0 Å². The van der Waals surface area contributed by atoms with Crippen molar-refractivity contribution in [1.82, 2.24) is 0 Å². The summed E-state index contributed by atoms with van der Waals surface area (Å²) in [7, 11) is 0. The van der Waals surface area contributed by atoms with Crippen LogP contribution in [0, 0.1) is 5.92 Å². The van der Waals surface area contributed by atoms with Gasteiger partial charge in [-0.1, -0.05) is 13.8 Å². The topological polar surface area (TPSA) is 85.8 Å². The Balaban J connectivity index is 0. The monoisotopic (exact) mass is 131 g/mol. The van der Waals surface area contributed by atoms with E-state index in [1.807, 2.05) is 13.8 Å². The van der Waals surface area contributed by atoms with Crippen LogP contribution >= 0.6 is 0 Å². The molecule has 0 amide bonds. The third-order valence-corrected chi connectivity index (χ3v) is 0.667. The second-order valence-corrected chi connectivity index (χ2v) is 1.74. The molecule has 0 spiro atoms. The van der Waals surface area contributed by atoms with E-state index in [1.54, 1.807) is 0 Å². The van der Waals surface area contributed by atoms with Crippen LogP contribution in [0.4, 0.5) is 0 Å². The zero-order valence-corrected chi connectivity index (χ0v) is 5.55. The summed E-state index contributed by atoms with van der Waals surface area (Å²) in [4.78, 5) is 16.2. The van der Waals surface area contributed by atoms with Crippen molar-refractivity contribution in [3.05, 3.63) is 0 Å². The zero-order chi connectivity index (χ0) is 7.86. The summed E-state index contributed by atoms with van der Waals surface area (Å²) in [5, 5.41) is 5.13. The fourth-order valence-corrected chi connectivity index (χ4v) is 0. The summed E-state index contributed by atoms with van der Waals surface area (Å²) in [6.45, 7) is 3.91. The molecule has 0 heterocycles. The molecule has 4 heteroatoms. The molecule has 0 atom stereocenters. The number of hydrogen-bond acceptors (Lipinski definition) is 2. The van der Waals surface area contributed by atoms with Gasteiger partial charge < -0.3 is 0 Å². The molecule has 4 N–H and O–H groups in total. The molecule has 0 aromatic rings. The minimum atomic E-state index is 0.250. The first-order valence-corrected chi connectivity index (χ1v) is 2.43. The minimum Gasteiger partial charge on any atom is -0.291 e. The SMILES string of the molecule is CC(C)C(N)=[NH2+].O=C=O. The fourth-order valence-electron chi connectivity index (χ4n) is 0. The molecule has 0 radical (unpaired) electrons. The first-order chi connectivity index (χ1) is 4.06. The summed E-state index contributed by atoms with van der Waals surface area (Å²) >= 11 is 0. The highest BCUT2D eigenvalue weighted by Crippen LogP contribution is 1.82. The second kappa shape index (κ2) is 6.85. The third-order valence-electron chi connectivity index (χ3n) is 0.667. The van der Waals surface area contributed by atoms with Crippen LogP contribution in [-0.4, -0.2) is 12.0 Å². The Kier molecular flexibility index (Phi) is 8.19. The van der Waals surface area contributed by atoms with Gasteiger partial charge in [0.15, 0.2) is 0 Å². The highest BCUT2D eigenvalue weighted by molar-refractivity contribution is 5.75. The predicted molar refractivity (Wildman–Crippen MR) is 31.0 cm³/mol. The summed E-state index contributed by atoms with van der Waals surface area (Å²) < 4.78 is 0. The van der Waals surface area contributed by atoms with Crippen molar-refractivity contribution in [3.8, 4) is 0 Å². The molecule has 0 aliphatic carbocycles. The van der Waals surface area contributed by atoms with Crippen LogP contribution in [0.5, 0.6) is 0 Å². The van der Waals surface area contributed by atoms with Gasteiger partial charge in [0.1, 0.15) is 0 Å². The smallest absolute Gasteiger partial charge is 0.291 e. The van der Waals surface area contributed by atoms with Crippen LogP contribution in [0.25, 0.3) is 0 Å². The van der Waals surface area contributed by atoms with Crippen LogP contribution in [0.2, 0.25) is 0 Å². The van der Waals surface area contributed by atoms with Gasteiger partial charge in [0.05, 0.1) is 5.92 Å². The molecule has 0 aliphatic rings. The lowest BCUT2D eigenvalue weighted by Gasteiger charge is -1.88. The van der Waals surface area contributed by atoms with Gasteiger partial charge in [0.25, 0.3) is 0 Å². The highest BCUT2D eigenvalue weighted by Gasteiger charge is 1.98. The van der Waals surface area contributed by atoms with E-state index in [0.29, 0.717) is 11.8 Å². The summed E-state index contributed by atoms with van der Waals surface area (Å²) in [5.74, 6) is 0.833. The largest absolute Gasteiger partial charge is 0.373 e. The zero-order valence-electron chi connectivity index (χ0n) is 5.55. The van der Waals surface area contributed by atoms with E-state index in [-0.39, 0.29) is 6.15 Å². The lowest BCUT2D eigenvalue weighted by Crippen LogP contribution is -2.48. The first kappa shape index (κ1) is 10.8. The Morgan fingerprint density at radius 1 is 1.56 bits per heavy atom. The van der Waals surface area contributed by atoms with Gasteiger partial charge in [-0.15, -0.1) is 0 Å². The molecular weight excluding hydrogens is 120 g/mol. The molecule has 0 aromatic heterocycles. The van der Waals surface area contributed by atoms with E-state index < -0.39 is 0 Å². The molecule has 0 fully saturated rings. The summed E-state index contributed by atoms with van der Waals surface area (Å²) in [5.41, 5.74) is 5.13. The molecule has 52 valence electrons. The van der Waals surface area contributed by atoms with E-state index in [4.69, 9.17) is 20.7 Å². The van der Waals surface area contributed by atoms with Crippen molar-refractivity contribution in [2.75, 3.05) is 0 Å². The second-order valence-electron chi connectivity index (χ2n) is 1.74. The number of rotatable bonds is 1. The van der Waals surface area contributed by atoms with Gasteiger partial charge in [-0.3, -0.25) is 11.1 Å². The molecule has 0 saturated heterocycles. The molecule has 0 unspecified atom stereocenters. The third kappa shape index (κ3) is 19.8. The van der Waals surface area contributed by atoms with Gasteiger partial charge in [-0.2, -0.15) is 9.59 Å². The standard InChI is InChI=1S/C4H10N2.CO2/c1-3(2)4(5)6;2-1-3/h3H,1-2H3,(H3,5,6);/p+1. The number of hydrogen-bond donors (Lipinski definition) is 2. The van der Waals surface area contributed by atoms with Crippen LogP contribution in [0.3, 0.4) is 0 Å². The summed E-state index contributed by atoms with van der Waals surface area (Å²) in [6, 6.07) is 0. The lowest BCUT2D eigenvalue weighted by molar-refractivity contribution is -0.191. The van der Waals surface area contributed by atoms with Crippen molar-refractivity contribution < 1.29 is 15.0 Å². The molecule has 0 saturated carbocycles. The van der Waals surface area contributed by atoms with Crippen LogP contribution in [-0.2, 0) is 9.59 Å².